The molecule has 0 spiro atoms. The van der Waals surface area contributed by atoms with Crippen molar-refractivity contribution in [2.24, 2.45) is 5.92 Å². The molecule has 0 saturated carbocycles. The van der Waals surface area contributed by atoms with Gasteiger partial charge in [-0.05, 0) is 18.1 Å². The maximum Gasteiger partial charge on any atom is 0.269 e. The molecule has 2 heterocycles. The van der Waals surface area contributed by atoms with Gasteiger partial charge in [0.2, 0.25) is 5.91 Å². The highest BCUT2D eigenvalue weighted by molar-refractivity contribution is 5.93. The predicted molar refractivity (Wildman–Crippen MR) is 85.9 cm³/mol. The van der Waals surface area contributed by atoms with E-state index in [1.54, 1.807) is 13.1 Å². The summed E-state index contributed by atoms with van der Waals surface area (Å²) in [7, 11) is 0. The van der Waals surface area contributed by atoms with Crippen LogP contribution in [0.25, 0.3) is 0 Å². The van der Waals surface area contributed by atoms with Crippen LogP contribution in [-0.2, 0) is 4.79 Å². The number of carbonyl (C=O) groups excluding carboxylic acids is 2. The first-order valence-corrected chi connectivity index (χ1v) is 7.72. The molecule has 0 aliphatic carbocycles. The lowest BCUT2D eigenvalue weighted by atomic mass is 10.2. The quantitative estimate of drug-likeness (QED) is 0.906. The van der Waals surface area contributed by atoms with Gasteiger partial charge in [-0.3, -0.25) is 14.6 Å². The van der Waals surface area contributed by atoms with Crippen molar-refractivity contribution in [1.82, 2.24) is 15.2 Å². The number of rotatable bonds is 4. The lowest BCUT2D eigenvalue weighted by molar-refractivity contribution is -0.129. The zero-order chi connectivity index (χ0) is 16.1. The van der Waals surface area contributed by atoms with Crippen molar-refractivity contribution in [1.29, 1.82) is 0 Å². The molecule has 1 aromatic rings. The first-order chi connectivity index (χ1) is 10.5. The number of anilines is 1. The minimum Gasteiger partial charge on any atom is -0.368 e. The summed E-state index contributed by atoms with van der Waals surface area (Å²) in [4.78, 5) is 31.6. The van der Waals surface area contributed by atoms with Crippen molar-refractivity contribution < 1.29 is 9.59 Å². The highest BCUT2D eigenvalue weighted by Gasteiger charge is 2.19. The molecule has 1 fully saturated rings. The molecule has 120 valence electrons. The van der Waals surface area contributed by atoms with Crippen LogP contribution in [0.5, 0.6) is 0 Å². The van der Waals surface area contributed by atoms with Gasteiger partial charge in [-0.2, -0.15) is 0 Å². The van der Waals surface area contributed by atoms with Crippen LogP contribution in [0.15, 0.2) is 18.3 Å². The molecule has 0 atom stereocenters. The van der Waals surface area contributed by atoms with Crippen molar-refractivity contribution in [3.8, 4) is 0 Å². The molecule has 2 rings (SSSR count). The molecule has 1 saturated heterocycles. The van der Waals surface area contributed by atoms with Crippen LogP contribution in [0.1, 0.15) is 31.3 Å². The lowest BCUT2D eigenvalue weighted by Crippen LogP contribution is -2.48. The molecular formula is C16H24N4O2. The zero-order valence-electron chi connectivity index (χ0n) is 13.5. The minimum absolute atomic E-state index is 0.114. The van der Waals surface area contributed by atoms with Gasteiger partial charge in [0.1, 0.15) is 5.69 Å². The molecule has 0 radical (unpaired) electrons. The van der Waals surface area contributed by atoms with E-state index in [0.29, 0.717) is 31.2 Å². The summed E-state index contributed by atoms with van der Waals surface area (Å²) in [5, 5.41) is 2.88. The summed E-state index contributed by atoms with van der Waals surface area (Å²) in [5.41, 5.74) is 1.42. The van der Waals surface area contributed by atoms with Gasteiger partial charge < -0.3 is 15.1 Å². The lowest BCUT2D eigenvalue weighted by Gasteiger charge is -2.35. The Bertz CT molecular complexity index is 537. The number of hydrogen-bond donors (Lipinski definition) is 1. The normalized spacial score (nSPS) is 15.1. The molecule has 1 aliphatic heterocycles. The summed E-state index contributed by atoms with van der Waals surface area (Å²) >= 11 is 0. The van der Waals surface area contributed by atoms with Crippen LogP contribution in [0.4, 0.5) is 5.69 Å². The number of amides is 2. The van der Waals surface area contributed by atoms with Crippen molar-refractivity contribution in [2.75, 3.05) is 37.6 Å². The second-order valence-electron chi connectivity index (χ2n) is 6.00. The standard InChI is InChI=1S/C16H24N4O2/c1-12(2)11-18-16(22)15-10-14(4-5-17-15)20-8-6-19(7-9-20)13(3)21/h4-5,10,12H,6-9,11H2,1-3H3,(H,18,22). The van der Waals surface area contributed by atoms with Crippen molar-refractivity contribution in [3.63, 3.8) is 0 Å². The molecule has 1 aromatic heterocycles. The van der Waals surface area contributed by atoms with Crippen LogP contribution < -0.4 is 10.2 Å². The van der Waals surface area contributed by atoms with E-state index in [2.05, 4.69) is 29.0 Å². The first kappa shape index (κ1) is 16.3. The number of carbonyl (C=O) groups is 2. The maximum atomic E-state index is 12.1. The Balaban J connectivity index is 2.00. The van der Waals surface area contributed by atoms with Gasteiger partial charge >= 0.3 is 0 Å². The summed E-state index contributed by atoms with van der Waals surface area (Å²) in [6.45, 7) is 9.32. The third-order valence-corrected chi connectivity index (χ3v) is 3.74. The van der Waals surface area contributed by atoms with E-state index in [1.807, 2.05) is 17.0 Å². The molecule has 1 N–H and O–H groups in total. The molecule has 1 aliphatic rings. The van der Waals surface area contributed by atoms with Gasteiger partial charge in [0, 0.05) is 51.5 Å². The summed E-state index contributed by atoms with van der Waals surface area (Å²) in [5.74, 6) is 0.382. The van der Waals surface area contributed by atoms with Gasteiger partial charge in [-0.1, -0.05) is 13.8 Å². The monoisotopic (exact) mass is 304 g/mol. The van der Waals surface area contributed by atoms with Gasteiger partial charge in [0.25, 0.3) is 5.91 Å². The molecule has 22 heavy (non-hydrogen) atoms. The second-order valence-corrected chi connectivity index (χ2v) is 6.00. The highest BCUT2D eigenvalue weighted by Crippen LogP contribution is 2.17. The fraction of sp³-hybridized carbons (Fsp3) is 0.562. The fourth-order valence-electron chi connectivity index (χ4n) is 2.41. The predicted octanol–water partition coefficient (Wildman–Crippen LogP) is 1.14. The van der Waals surface area contributed by atoms with Gasteiger partial charge in [0.05, 0.1) is 0 Å². The Morgan fingerprint density at radius 1 is 1.27 bits per heavy atom. The van der Waals surface area contributed by atoms with E-state index in [9.17, 15) is 9.59 Å². The Morgan fingerprint density at radius 2 is 1.95 bits per heavy atom. The smallest absolute Gasteiger partial charge is 0.269 e. The summed E-state index contributed by atoms with van der Waals surface area (Å²) < 4.78 is 0. The topological polar surface area (TPSA) is 65.5 Å². The number of nitrogens with zero attached hydrogens (tertiary/aromatic N) is 3. The Kier molecular flexibility index (Phi) is 5.35. The SMILES string of the molecule is CC(=O)N1CCN(c2ccnc(C(=O)NCC(C)C)c2)CC1. The van der Waals surface area contributed by atoms with Gasteiger partial charge in [-0.25, -0.2) is 0 Å². The maximum absolute atomic E-state index is 12.1. The average Bonchev–Trinajstić information content (AvgIpc) is 2.52. The number of piperazine rings is 1. The molecule has 0 unspecified atom stereocenters. The molecule has 0 aromatic carbocycles. The van der Waals surface area contributed by atoms with Crippen LogP contribution in [-0.4, -0.2) is 54.4 Å². The van der Waals surface area contributed by atoms with E-state index >= 15 is 0 Å². The number of pyridine rings is 1. The van der Waals surface area contributed by atoms with Gasteiger partial charge in [-0.15, -0.1) is 0 Å². The molecule has 6 heteroatoms. The third-order valence-electron chi connectivity index (χ3n) is 3.74. The zero-order valence-corrected chi connectivity index (χ0v) is 13.5. The number of nitrogens with one attached hydrogen (secondary N) is 1. The van der Waals surface area contributed by atoms with E-state index in [1.165, 1.54) is 0 Å². The van der Waals surface area contributed by atoms with Crippen LogP contribution in [0, 0.1) is 5.92 Å². The molecule has 0 bridgehead atoms. The Morgan fingerprint density at radius 3 is 2.55 bits per heavy atom. The average molecular weight is 304 g/mol. The summed E-state index contributed by atoms with van der Waals surface area (Å²) in [6, 6.07) is 3.72. The van der Waals surface area contributed by atoms with Crippen molar-refractivity contribution in [3.05, 3.63) is 24.0 Å². The van der Waals surface area contributed by atoms with Gasteiger partial charge in [0.15, 0.2) is 0 Å². The van der Waals surface area contributed by atoms with E-state index in [4.69, 9.17) is 0 Å². The molecular weight excluding hydrogens is 280 g/mol. The Labute approximate surface area is 131 Å². The van der Waals surface area contributed by atoms with Crippen LogP contribution in [0.2, 0.25) is 0 Å². The number of hydrogen-bond acceptors (Lipinski definition) is 4. The van der Waals surface area contributed by atoms with Crippen LogP contribution in [0.3, 0.4) is 0 Å². The Hall–Kier alpha value is -2.11. The first-order valence-electron chi connectivity index (χ1n) is 7.72. The largest absolute Gasteiger partial charge is 0.368 e. The second kappa shape index (κ2) is 7.24. The van der Waals surface area contributed by atoms with Crippen molar-refractivity contribution >= 4 is 17.5 Å². The van der Waals surface area contributed by atoms with E-state index < -0.39 is 0 Å². The van der Waals surface area contributed by atoms with E-state index in [0.717, 1.165) is 18.8 Å². The minimum atomic E-state index is -0.141. The molecule has 6 nitrogen and oxygen atoms in total. The van der Waals surface area contributed by atoms with Crippen molar-refractivity contribution in [2.45, 2.75) is 20.8 Å². The number of aromatic nitrogens is 1. The summed E-state index contributed by atoms with van der Waals surface area (Å²) in [6.07, 6.45) is 1.66. The molecule has 2 amide bonds. The fourth-order valence-corrected chi connectivity index (χ4v) is 2.41. The van der Waals surface area contributed by atoms with Crippen LogP contribution >= 0.6 is 0 Å². The van der Waals surface area contributed by atoms with E-state index in [-0.39, 0.29) is 11.8 Å². The third kappa shape index (κ3) is 4.19. The highest BCUT2D eigenvalue weighted by atomic mass is 16.2.